The molecule has 31 nitrogen and oxygen atoms in total. The Balaban J connectivity index is 0.789. The first-order chi connectivity index (χ1) is 41.5. The maximum atomic E-state index is 12.9. The van der Waals surface area contributed by atoms with Crippen LogP contribution in [0.15, 0.2) is 0 Å². The van der Waals surface area contributed by atoms with Gasteiger partial charge in [-0.05, 0) is 80.0 Å². The molecule has 6 saturated heterocycles. The molecule has 6 aliphatic heterocycles. The molecule has 0 aromatic heterocycles. The molecule has 38 atom stereocenters. The molecule has 510 valence electrons. The Kier molecular flexibility index (Phi) is 21.4. The van der Waals surface area contributed by atoms with Crippen LogP contribution in [0, 0.1) is 46.3 Å². The van der Waals surface area contributed by atoms with Crippen molar-refractivity contribution in [2.75, 3.05) is 39.6 Å². The van der Waals surface area contributed by atoms with Crippen molar-refractivity contribution in [2.45, 2.75) is 269 Å². The summed E-state index contributed by atoms with van der Waals surface area (Å²) in [5.41, 5.74) is -2.46. The van der Waals surface area contributed by atoms with Crippen LogP contribution in [0.1, 0.15) is 85.5 Å². The summed E-state index contributed by atoms with van der Waals surface area (Å²) in [5, 5.41) is 218. The van der Waals surface area contributed by atoms with E-state index in [1.807, 2.05) is 20.8 Å². The van der Waals surface area contributed by atoms with Gasteiger partial charge in [-0.3, -0.25) is 0 Å². The van der Waals surface area contributed by atoms with Gasteiger partial charge in [0.05, 0.1) is 63.6 Å². The zero-order valence-corrected chi connectivity index (χ0v) is 49.7. The van der Waals surface area contributed by atoms with Crippen molar-refractivity contribution in [3.8, 4) is 0 Å². The van der Waals surface area contributed by atoms with Gasteiger partial charge in [0.15, 0.2) is 37.2 Å². The molecule has 0 radical (unpaired) electrons. The van der Waals surface area contributed by atoms with E-state index in [1.165, 1.54) is 0 Å². The molecule has 10 rings (SSSR count). The van der Waals surface area contributed by atoms with Crippen molar-refractivity contribution < 1.29 is 154 Å². The molecule has 4 saturated carbocycles. The lowest BCUT2D eigenvalue weighted by Gasteiger charge is -2.65. The molecule has 10 aliphatic rings. The largest absolute Gasteiger partial charge is 0.394 e. The predicted molar refractivity (Wildman–Crippen MR) is 287 cm³/mol. The van der Waals surface area contributed by atoms with E-state index in [1.54, 1.807) is 0 Å². The van der Waals surface area contributed by atoms with Crippen LogP contribution in [0.5, 0.6) is 0 Å². The van der Waals surface area contributed by atoms with E-state index in [9.17, 15) is 102 Å². The summed E-state index contributed by atoms with van der Waals surface area (Å²) in [5.74, 6) is -1.57. The summed E-state index contributed by atoms with van der Waals surface area (Å²) < 4.78 is 65.4. The molecule has 31 heteroatoms. The van der Waals surface area contributed by atoms with E-state index in [0.29, 0.717) is 38.5 Å². The van der Waals surface area contributed by atoms with Crippen LogP contribution >= 0.6 is 0 Å². The summed E-state index contributed by atoms with van der Waals surface area (Å²) >= 11 is 0. The molecule has 0 amide bonds. The first kappa shape index (κ1) is 69.6. The van der Waals surface area contributed by atoms with Gasteiger partial charge in [-0.15, -0.1) is 0 Å². The lowest BCUT2D eigenvalue weighted by molar-refractivity contribution is -0.407. The number of aliphatic hydroxyl groups is 20. The fourth-order valence-corrected chi connectivity index (χ4v) is 17.1. The van der Waals surface area contributed by atoms with Crippen molar-refractivity contribution >= 4 is 0 Å². The average molecular weight is 1280 g/mol. The molecule has 0 spiro atoms. The molecule has 4 aliphatic carbocycles. The van der Waals surface area contributed by atoms with Crippen molar-refractivity contribution in [3.63, 3.8) is 0 Å². The third-order valence-electron chi connectivity index (χ3n) is 22.4. The standard InChI is InChI=1S/C57H96O31/c1-20(19-78-49-42(72)38(68)34(64)28(14-58)80-49)5-10-57(77)21(2)33-26(88-57)11-24-22-6-9-56(76)13-27(25(63)12-55(56,4)23(22)7-8-54(24,33)3)79-50-45(75)41(71)46(32(18-62)84-50)85-53-48(87-52-44(74)40(70)36(66)30(16-60)82-52)47(37(67)31(17-61)83-53)86-51-43(73)39(69)35(65)29(15-59)81-51/h20-53,58-77H,5-19H2,1-4H3/t20-,21+,22-,23+,24+,25-,26+,27-,28-,29-,30-,31-,32-,33+,34-,35-,36-,37-,38+,39+,40+,41-,42-,43-,44-,45-,46+,47+,48-,49-,50-,51+,52+,53+,54+,55-,56-,57+/m1/s1. The Bertz CT molecular complexity index is 2280. The lowest BCUT2D eigenvalue weighted by atomic mass is 9.42. The third kappa shape index (κ3) is 12.3. The van der Waals surface area contributed by atoms with Gasteiger partial charge in [-0.25, -0.2) is 0 Å². The average Bonchev–Trinajstić information content (AvgIpc) is 1.42. The second-order valence-corrected chi connectivity index (χ2v) is 27.4. The molecule has 0 aromatic carbocycles. The van der Waals surface area contributed by atoms with Gasteiger partial charge < -0.3 is 154 Å². The Morgan fingerprint density at radius 2 is 0.966 bits per heavy atom. The predicted octanol–water partition coefficient (Wildman–Crippen LogP) is -8.05. The van der Waals surface area contributed by atoms with Crippen LogP contribution in [-0.4, -0.2) is 325 Å². The first-order valence-electron chi connectivity index (χ1n) is 31.1. The van der Waals surface area contributed by atoms with Crippen LogP contribution in [0.2, 0.25) is 0 Å². The fraction of sp³-hybridized carbons (Fsp3) is 1.00. The minimum Gasteiger partial charge on any atom is -0.394 e. The van der Waals surface area contributed by atoms with E-state index >= 15 is 0 Å². The first-order valence-corrected chi connectivity index (χ1v) is 31.1. The van der Waals surface area contributed by atoms with Crippen LogP contribution < -0.4 is 0 Å². The molecule has 0 bridgehead atoms. The quantitative estimate of drug-likeness (QED) is 0.0534. The van der Waals surface area contributed by atoms with Crippen LogP contribution in [0.25, 0.3) is 0 Å². The monoisotopic (exact) mass is 1280 g/mol. The summed E-state index contributed by atoms with van der Waals surface area (Å²) in [6.45, 7) is 3.95. The maximum absolute atomic E-state index is 12.9. The van der Waals surface area contributed by atoms with Crippen molar-refractivity contribution in [2.24, 2.45) is 46.3 Å². The van der Waals surface area contributed by atoms with Gasteiger partial charge in [-0.2, -0.15) is 0 Å². The van der Waals surface area contributed by atoms with E-state index in [-0.39, 0.29) is 66.5 Å². The Morgan fingerprint density at radius 3 is 1.53 bits per heavy atom. The zero-order valence-electron chi connectivity index (χ0n) is 49.7. The second-order valence-electron chi connectivity index (χ2n) is 27.4. The number of hydrogen-bond acceptors (Lipinski definition) is 31. The number of ether oxygens (including phenoxy) is 11. The smallest absolute Gasteiger partial charge is 0.187 e. The number of rotatable bonds is 19. The molecular formula is C57H96O31. The summed E-state index contributed by atoms with van der Waals surface area (Å²) in [4.78, 5) is 0. The second kappa shape index (κ2) is 27.1. The maximum Gasteiger partial charge on any atom is 0.187 e. The number of fused-ring (bicyclic) bond motifs is 7. The highest BCUT2D eigenvalue weighted by atomic mass is 16.8. The highest BCUT2D eigenvalue weighted by molar-refractivity contribution is 5.19. The van der Waals surface area contributed by atoms with Gasteiger partial charge in [0.1, 0.15) is 122 Å². The van der Waals surface area contributed by atoms with Crippen molar-refractivity contribution in [1.29, 1.82) is 0 Å². The van der Waals surface area contributed by atoms with E-state index in [0.717, 1.165) is 6.42 Å². The van der Waals surface area contributed by atoms with Gasteiger partial charge >= 0.3 is 0 Å². The lowest BCUT2D eigenvalue weighted by Crippen LogP contribution is -2.69. The number of hydrogen-bond donors (Lipinski definition) is 20. The molecular weight excluding hydrogens is 1180 g/mol. The molecule has 0 aromatic rings. The van der Waals surface area contributed by atoms with Crippen LogP contribution in [-0.2, 0) is 52.1 Å². The molecule has 10 fully saturated rings. The fourth-order valence-electron chi connectivity index (χ4n) is 17.1. The normalized spacial score (nSPS) is 56.0. The molecule has 20 N–H and O–H groups in total. The van der Waals surface area contributed by atoms with Gasteiger partial charge in [-0.1, -0.05) is 27.7 Å². The Hall–Kier alpha value is -1.24. The SMILES string of the molecule is C[C@H](CC[C@]1(O)O[C@H]2C[C@H]3[C@@H]4CC[C@@]5(O)C[C@@H](O[C@@H]6O[C@H](CO)[C@H](O[C@@H]7O[C@H](CO)[C@@H](O)[C@H](O[C@@H]8O[C@H](CO)[C@@H](O)[C@H](O)[C@H]8O)[C@H]7O[C@@H]7O[C@H](CO)[C@@H](O)[C@H](O)[C@H]7O)[C@H](O)[C@H]6O)[C@H](O)C[C@]5(C)[C@H]4CC[C@]3(C)[C@H]2[C@@H]1C)CO[C@@H]1O[C@H](CO)[C@@H](O)[C@H](O)[C@H]1O. The summed E-state index contributed by atoms with van der Waals surface area (Å²) in [7, 11) is 0. The zero-order chi connectivity index (χ0) is 64.0. The molecule has 0 unspecified atom stereocenters. The Labute approximate surface area is 507 Å². The number of aliphatic hydroxyl groups excluding tert-OH is 18. The van der Waals surface area contributed by atoms with Gasteiger partial charge in [0.2, 0.25) is 0 Å². The minimum absolute atomic E-state index is 0.0142. The van der Waals surface area contributed by atoms with Gasteiger partial charge in [0.25, 0.3) is 0 Å². The van der Waals surface area contributed by atoms with Crippen LogP contribution in [0.4, 0.5) is 0 Å². The topological polar surface area (TPSA) is 506 Å². The summed E-state index contributed by atoms with van der Waals surface area (Å²) in [6, 6.07) is 0. The molecule has 88 heavy (non-hydrogen) atoms. The van der Waals surface area contributed by atoms with Crippen LogP contribution in [0.3, 0.4) is 0 Å². The van der Waals surface area contributed by atoms with Crippen molar-refractivity contribution in [1.82, 2.24) is 0 Å². The third-order valence-corrected chi connectivity index (χ3v) is 22.4. The highest BCUT2D eigenvalue weighted by Gasteiger charge is 2.71. The van der Waals surface area contributed by atoms with E-state index in [4.69, 9.17) is 52.1 Å². The summed E-state index contributed by atoms with van der Waals surface area (Å²) in [6.07, 6.45) is -43.9. The molecule has 6 heterocycles. The highest BCUT2D eigenvalue weighted by Crippen LogP contribution is 2.71. The van der Waals surface area contributed by atoms with Crippen molar-refractivity contribution in [3.05, 3.63) is 0 Å². The Morgan fingerprint density at radius 1 is 0.489 bits per heavy atom. The minimum atomic E-state index is -2.11. The van der Waals surface area contributed by atoms with Gasteiger partial charge in [0, 0.05) is 24.2 Å². The van der Waals surface area contributed by atoms with E-state index in [2.05, 4.69) is 6.92 Å². The van der Waals surface area contributed by atoms with E-state index < -0.39 is 216 Å².